The number of piperazine rings is 1. The quantitative estimate of drug-likeness (QED) is 0.655. The second-order valence-corrected chi connectivity index (χ2v) is 5.76. The van der Waals surface area contributed by atoms with Gasteiger partial charge in [0, 0.05) is 51.6 Å². The van der Waals surface area contributed by atoms with Gasteiger partial charge in [-0.3, -0.25) is 4.79 Å². The van der Waals surface area contributed by atoms with Crippen molar-refractivity contribution in [2.24, 2.45) is 5.92 Å². The highest BCUT2D eigenvalue weighted by atomic mass is 16.3. The van der Waals surface area contributed by atoms with Crippen LogP contribution < -0.4 is 10.6 Å². The molecule has 2 rings (SSSR count). The monoisotopic (exact) mass is 269 g/mol. The van der Waals surface area contributed by atoms with E-state index in [2.05, 4.69) is 15.5 Å². The normalized spacial score (nSPS) is 29.1. The average molecular weight is 269 g/mol. The van der Waals surface area contributed by atoms with Gasteiger partial charge in [0.15, 0.2) is 0 Å². The summed E-state index contributed by atoms with van der Waals surface area (Å²) in [6, 6.07) is 0. The van der Waals surface area contributed by atoms with Gasteiger partial charge in [0.05, 0.1) is 6.10 Å². The minimum Gasteiger partial charge on any atom is -0.393 e. The number of aliphatic hydroxyl groups is 1. The summed E-state index contributed by atoms with van der Waals surface area (Å²) in [4.78, 5) is 14.1. The zero-order chi connectivity index (χ0) is 13.5. The molecule has 2 atom stereocenters. The highest BCUT2D eigenvalue weighted by Crippen LogP contribution is 2.23. The third-order valence-corrected chi connectivity index (χ3v) is 4.30. The number of hydrogen-bond donors (Lipinski definition) is 3. The lowest BCUT2D eigenvalue weighted by atomic mass is 9.86. The number of amides is 1. The first-order valence-corrected chi connectivity index (χ1v) is 7.63. The molecule has 1 aliphatic heterocycles. The minimum atomic E-state index is -0.220. The van der Waals surface area contributed by atoms with Crippen LogP contribution in [0.1, 0.15) is 32.1 Å². The van der Waals surface area contributed by atoms with E-state index in [1.165, 1.54) is 6.42 Å². The van der Waals surface area contributed by atoms with Gasteiger partial charge in [-0.15, -0.1) is 0 Å². The maximum absolute atomic E-state index is 11.8. The number of aliphatic hydroxyl groups excluding tert-OH is 1. The van der Waals surface area contributed by atoms with Crippen molar-refractivity contribution in [3.05, 3.63) is 0 Å². The van der Waals surface area contributed by atoms with Crippen molar-refractivity contribution < 1.29 is 9.90 Å². The van der Waals surface area contributed by atoms with Gasteiger partial charge < -0.3 is 20.6 Å². The summed E-state index contributed by atoms with van der Waals surface area (Å²) in [5.41, 5.74) is 0. The van der Waals surface area contributed by atoms with Crippen LogP contribution in [0.4, 0.5) is 0 Å². The van der Waals surface area contributed by atoms with Crippen LogP contribution in [0.5, 0.6) is 0 Å². The third kappa shape index (κ3) is 5.09. The Balaban J connectivity index is 1.58. The molecule has 1 heterocycles. The van der Waals surface area contributed by atoms with E-state index in [4.69, 9.17) is 0 Å². The van der Waals surface area contributed by atoms with Crippen molar-refractivity contribution in [2.45, 2.75) is 38.2 Å². The van der Waals surface area contributed by atoms with Gasteiger partial charge in [0.25, 0.3) is 0 Å². The van der Waals surface area contributed by atoms with Crippen LogP contribution in [0.2, 0.25) is 0 Å². The summed E-state index contributed by atoms with van der Waals surface area (Å²) >= 11 is 0. The maximum Gasteiger partial charge on any atom is 0.221 e. The predicted octanol–water partition coefficient (Wildman–Crippen LogP) is -0.0510. The van der Waals surface area contributed by atoms with Crippen molar-refractivity contribution in [3.8, 4) is 0 Å². The molecule has 3 N–H and O–H groups in total. The second kappa shape index (κ2) is 7.82. The van der Waals surface area contributed by atoms with Crippen molar-refractivity contribution >= 4 is 5.91 Å². The molecule has 5 nitrogen and oxygen atoms in total. The number of hydrogen-bond acceptors (Lipinski definition) is 4. The topological polar surface area (TPSA) is 64.6 Å². The molecule has 5 heteroatoms. The molecule has 2 aliphatic rings. The van der Waals surface area contributed by atoms with E-state index in [1.54, 1.807) is 0 Å². The fourth-order valence-electron chi connectivity index (χ4n) is 2.95. The zero-order valence-corrected chi connectivity index (χ0v) is 11.7. The van der Waals surface area contributed by atoms with Gasteiger partial charge in [0.2, 0.25) is 5.91 Å². The van der Waals surface area contributed by atoms with Crippen LogP contribution in [0.3, 0.4) is 0 Å². The highest BCUT2D eigenvalue weighted by Gasteiger charge is 2.23. The van der Waals surface area contributed by atoms with Gasteiger partial charge in [-0.2, -0.15) is 0 Å². The first-order chi connectivity index (χ1) is 9.25. The standard InChI is InChI=1S/C14H27N3O2/c18-13-4-2-1-3-12(13)11-16-14(19)5-8-17-9-6-15-7-10-17/h12-13,15,18H,1-11H2,(H,16,19)/t12-,13+/m0/s1. The first kappa shape index (κ1) is 14.8. The molecule has 2 fully saturated rings. The maximum atomic E-state index is 11.8. The average Bonchev–Trinajstić information content (AvgIpc) is 2.45. The summed E-state index contributed by atoms with van der Waals surface area (Å²) in [6.07, 6.45) is 4.58. The fourth-order valence-corrected chi connectivity index (χ4v) is 2.95. The van der Waals surface area contributed by atoms with E-state index in [9.17, 15) is 9.90 Å². The fraction of sp³-hybridized carbons (Fsp3) is 0.929. The molecule has 0 bridgehead atoms. The van der Waals surface area contributed by atoms with Crippen molar-refractivity contribution in [3.63, 3.8) is 0 Å². The molecule has 110 valence electrons. The van der Waals surface area contributed by atoms with Crippen molar-refractivity contribution in [1.29, 1.82) is 0 Å². The van der Waals surface area contributed by atoms with E-state index in [1.807, 2.05) is 0 Å². The van der Waals surface area contributed by atoms with Crippen molar-refractivity contribution in [1.82, 2.24) is 15.5 Å². The minimum absolute atomic E-state index is 0.122. The lowest BCUT2D eigenvalue weighted by Crippen LogP contribution is -2.45. The molecular formula is C14H27N3O2. The molecule has 0 aromatic rings. The molecular weight excluding hydrogens is 242 g/mol. The second-order valence-electron chi connectivity index (χ2n) is 5.76. The van der Waals surface area contributed by atoms with Crippen LogP contribution in [0, 0.1) is 5.92 Å². The van der Waals surface area contributed by atoms with Crippen LogP contribution in [-0.2, 0) is 4.79 Å². The first-order valence-electron chi connectivity index (χ1n) is 7.63. The molecule has 19 heavy (non-hydrogen) atoms. The third-order valence-electron chi connectivity index (χ3n) is 4.30. The van der Waals surface area contributed by atoms with Gasteiger partial charge in [-0.05, 0) is 12.8 Å². The van der Waals surface area contributed by atoms with Crippen LogP contribution in [0.15, 0.2) is 0 Å². The molecule has 1 amide bonds. The van der Waals surface area contributed by atoms with Crippen molar-refractivity contribution in [2.75, 3.05) is 39.3 Å². The van der Waals surface area contributed by atoms with Gasteiger partial charge in [-0.1, -0.05) is 12.8 Å². The largest absolute Gasteiger partial charge is 0.393 e. The van der Waals surface area contributed by atoms with Crippen LogP contribution in [-0.4, -0.2) is 61.3 Å². The Morgan fingerprint density at radius 1 is 1.26 bits per heavy atom. The van der Waals surface area contributed by atoms with Crippen LogP contribution in [0.25, 0.3) is 0 Å². The Morgan fingerprint density at radius 3 is 2.74 bits per heavy atom. The highest BCUT2D eigenvalue weighted by molar-refractivity contribution is 5.76. The van der Waals surface area contributed by atoms with Gasteiger partial charge in [0.1, 0.15) is 0 Å². The van der Waals surface area contributed by atoms with E-state index in [0.717, 1.165) is 52.0 Å². The van der Waals surface area contributed by atoms with Crippen LogP contribution >= 0.6 is 0 Å². The van der Waals surface area contributed by atoms with E-state index < -0.39 is 0 Å². The lowest BCUT2D eigenvalue weighted by Gasteiger charge is -2.28. The lowest BCUT2D eigenvalue weighted by molar-refractivity contribution is -0.121. The predicted molar refractivity (Wildman–Crippen MR) is 74.9 cm³/mol. The summed E-state index contributed by atoms with van der Waals surface area (Å²) in [7, 11) is 0. The van der Waals surface area contributed by atoms with Gasteiger partial charge in [-0.25, -0.2) is 0 Å². The Hall–Kier alpha value is -0.650. The number of carbonyl (C=O) groups excluding carboxylic acids is 1. The number of rotatable bonds is 5. The Kier molecular flexibility index (Phi) is 6.07. The summed E-state index contributed by atoms with van der Waals surface area (Å²) in [6.45, 7) is 5.61. The Labute approximate surface area is 115 Å². The Bertz CT molecular complexity index is 280. The molecule has 0 radical (unpaired) electrons. The van der Waals surface area contributed by atoms with E-state index in [-0.39, 0.29) is 17.9 Å². The van der Waals surface area contributed by atoms with E-state index in [0.29, 0.717) is 13.0 Å². The summed E-state index contributed by atoms with van der Waals surface area (Å²) in [5, 5.41) is 16.1. The molecule has 0 spiro atoms. The van der Waals surface area contributed by atoms with E-state index >= 15 is 0 Å². The number of nitrogens with zero attached hydrogens (tertiary/aromatic N) is 1. The Morgan fingerprint density at radius 2 is 2.00 bits per heavy atom. The number of carbonyl (C=O) groups is 1. The molecule has 1 aliphatic carbocycles. The smallest absolute Gasteiger partial charge is 0.221 e. The zero-order valence-electron chi connectivity index (χ0n) is 11.7. The van der Waals surface area contributed by atoms with Gasteiger partial charge >= 0.3 is 0 Å². The number of nitrogens with one attached hydrogen (secondary N) is 2. The molecule has 0 unspecified atom stereocenters. The summed E-state index contributed by atoms with van der Waals surface area (Å²) in [5.74, 6) is 0.383. The molecule has 1 saturated carbocycles. The molecule has 0 aromatic heterocycles. The molecule has 1 saturated heterocycles. The molecule has 0 aromatic carbocycles. The summed E-state index contributed by atoms with van der Waals surface area (Å²) < 4.78 is 0. The SMILES string of the molecule is O=C(CCN1CCNCC1)NC[C@@H]1CCCC[C@H]1O.